The maximum Gasteiger partial charge on any atom is 0.246 e. The Bertz CT molecular complexity index is 534. The SMILES string of the molecule is Cc1ccc(Cl)cc1N1CCN(CC2CNC(=O)CO2)CC1. The molecule has 2 fully saturated rings. The largest absolute Gasteiger partial charge is 0.369 e. The Labute approximate surface area is 136 Å². The van der Waals surface area contributed by atoms with Gasteiger partial charge in [0.2, 0.25) is 5.91 Å². The van der Waals surface area contributed by atoms with Gasteiger partial charge in [-0.25, -0.2) is 0 Å². The maximum atomic E-state index is 11.1. The fraction of sp³-hybridized carbons (Fsp3) is 0.562. The van der Waals surface area contributed by atoms with Gasteiger partial charge in [-0.15, -0.1) is 0 Å². The van der Waals surface area contributed by atoms with E-state index in [0.29, 0.717) is 6.54 Å². The molecule has 2 aliphatic heterocycles. The quantitative estimate of drug-likeness (QED) is 0.910. The van der Waals surface area contributed by atoms with Gasteiger partial charge in [-0.2, -0.15) is 0 Å². The highest BCUT2D eigenvalue weighted by molar-refractivity contribution is 6.30. The molecule has 0 radical (unpaired) electrons. The van der Waals surface area contributed by atoms with Crippen molar-refractivity contribution in [3.8, 4) is 0 Å². The molecule has 2 saturated heterocycles. The maximum absolute atomic E-state index is 11.1. The lowest BCUT2D eigenvalue weighted by atomic mass is 10.1. The number of carbonyl (C=O) groups excluding carboxylic acids is 1. The van der Waals surface area contributed by atoms with E-state index in [1.165, 1.54) is 11.3 Å². The fourth-order valence-corrected chi connectivity index (χ4v) is 3.20. The second kappa shape index (κ2) is 6.86. The summed E-state index contributed by atoms with van der Waals surface area (Å²) >= 11 is 6.12. The number of nitrogens with one attached hydrogen (secondary N) is 1. The molecule has 1 aromatic rings. The minimum Gasteiger partial charge on any atom is -0.369 e. The van der Waals surface area contributed by atoms with Crippen molar-refractivity contribution in [2.75, 3.05) is 50.8 Å². The third-order valence-corrected chi connectivity index (χ3v) is 4.56. The fourth-order valence-electron chi connectivity index (χ4n) is 3.03. The lowest BCUT2D eigenvalue weighted by molar-refractivity contribution is -0.133. The van der Waals surface area contributed by atoms with Crippen LogP contribution in [-0.2, 0) is 9.53 Å². The van der Waals surface area contributed by atoms with Gasteiger partial charge >= 0.3 is 0 Å². The topological polar surface area (TPSA) is 44.8 Å². The molecule has 1 amide bonds. The van der Waals surface area contributed by atoms with Crippen LogP contribution in [0.4, 0.5) is 5.69 Å². The van der Waals surface area contributed by atoms with Gasteiger partial charge in [0.05, 0.1) is 6.10 Å². The van der Waals surface area contributed by atoms with Gasteiger partial charge in [0.25, 0.3) is 0 Å². The molecule has 1 atom stereocenters. The number of piperazine rings is 1. The van der Waals surface area contributed by atoms with E-state index in [9.17, 15) is 4.79 Å². The molecule has 0 aliphatic carbocycles. The van der Waals surface area contributed by atoms with Gasteiger partial charge in [-0.05, 0) is 24.6 Å². The second-order valence-corrected chi connectivity index (χ2v) is 6.39. The Balaban J connectivity index is 1.52. The first-order valence-corrected chi connectivity index (χ1v) is 8.11. The number of carbonyl (C=O) groups is 1. The zero-order valence-corrected chi connectivity index (χ0v) is 13.6. The molecule has 1 unspecified atom stereocenters. The van der Waals surface area contributed by atoms with E-state index < -0.39 is 0 Å². The van der Waals surface area contributed by atoms with Crippen molar-refractivity contribution in [2.45, 2.75) is 13.0 Å². The molecule has 0 bridgehead atoms. The van der Waals surface area contributed by atoms with Gasteiger partial charge in [0.15, 0.2) is 0 Å². The number of ether oxygens (including phenoxy) is 1. The third-order valence-electron chi connectivity index (χ3n) is 4.32. The van der Waals surface area contributed by atoms with Gasteiger partial charge < -0.3 is 15.0 Å². The van der Waals surface area contributed by atoms with E-state index in [1.54, 1.807) is 0 Å². The molecule has 6 heteroatoms. The van der Waals surface area contributed by atoms with Crippen molar-refractivity contribution in [1.82, 2.24) is 10.2 Å². The van der Waals surface area contributed by atoms with Crippen LogP contribution >= 0.6 is 11.6 Å². The van der Waals surface area contributed by atoms with Gasteiger partial charge in [-0.1, -0.05) is 17.7 Å². The molecule has 2 heterocycles. The van der Waals surface area contributed by atoms with Crippen LogP contribution in [0.15, 0.2) is 18.2 Å². The lowest BCUT2D eigenvalue weighted by Crippen LogP contribution is -2.53. The van der Waals surface area contributed by atoms with E-state index in [2.05, 4.69) is 28.1 Å². The van der Waals surface area contributed by atoms with Crippen LogP contribution in [0.1, 0.15) is 5.56 Å². The Kier molecular flexibility index (Phi) is 4.86. The molecule has 1 N–H and O–H groups in total. The highest BCUT2D eigenvalue weighted by Crippen LogP contribution is 2.25. The molecule has 0 saturated carbocycles. The number of amides is 1. The zero-order valence-electron chi connectivity index (χ0n) is 12.8. The molecule has 22 heavy (non-hydrogen) atoms. The first kappa shape index (κ1) is 15.6. The predicted molar refractivity (Wildman–Crippen MR) is 87.6 cm³/mol. The van der Waals surface area contributed by atoms with Crippen molar-refractivity contribution in [1.29, 1.82) is 0 Å². The number of morpholine rings is 1. The summed E-state index contributed by atoms with van der Waals surface area (Å²) in [6.45, 7) is 7.78. The van der Waals surface area contributed by atoms with E-state index in [1.807, 2.05) is 12.1 Å². The normalized spacial score (nSPS) is 23.5. The first-order chi connectivity index (χ1) is 10.6. The summed E-state index contributed by atoms with van der Waals surface area (Å²) in [7, 11) is 0. The standard InChI is InChI=1S/C16H22ClN3O2/c1-12-2-3-13(17)8-15(12)20-6-4-19(5-7-20)10-14-9-18-16(21)11-22-14/h2-3,8,14H,4-7,9-11H2,1H3,(H,18,21). The molecule has 3 rings (SSSR count). The molecular formula is C16H22ClN3O2. The Morgan fingerprint density at radius 3 is 2.77 bits per heavy atom. The van der Waals surface area contributed by atoms with Crippen molar-refractivity contribution < 1.29 is 9.53 Å². The van der Waals surface area contributed by atoms with Crippen LogP contribution in [0.2, 0.25) is 5.02 Å². The number of halogens is 1. The number of hydrogen-bond donors (Lipinski definition) is 1. The van der Waals surface area contributed by atoms with E-state index in [4.69, 9.17) is 16.3 Å². The summed E-state index contributed by atoms with van der Waals surface area (Å²) in [5, 5.41) is 3.64. The number of nitrogens with zero attached hydrogens (tertiary/aromatic N) is 2. The zero-order chi connectivity index (χ0) is 15.5. The van der Waals surface area contributed by atoms with Gasteiger partial charge in [0.1, 0.15) is 6.61 Å². The first-order valence-electron chi connectivity index (χ1n) is 7.73. The van der Waals surface area contributed by atoms with E-state index in [0.717, 1.165) is 37.7 Å². The smallest absolute Gasteiger partial charge is 0.246 e. The summed E-state index contributed by atoms with van der Waals surface area (Å²) in [6.07, 6.45) is 0.108. The summed E-state index contributed by atoms with van der Waals surface area (Å²) in [4.78, 5) is 15.9. The number of anilines is 1. The van der Waals surface area contributed by atoms with Gasteiger partial charge in [0, 0.05) is 50.0 Å². The molecule has 120 valence electrons. The molecular weight excluding hydrogens is 302 g/mol. The van der Waals surface area contributed by atoms with Crippen LogP contribution in [-0.4, -0.2) is 62.8 Å². The predicted octanol–water partition coefficient (Wildman–Crippen LogP) is 1.29. The average molecular weight is 324 g/mol. The van der Waals surface area contributed by atoms with Crippen LogP contribution in [0.3, 0.4) is 0 Å². The minimum absolute atomic E-state index is 0.0162. The Hall–Kier alpha value is -1.30. The highest BCUT2D eigenvalue weighted by Gasteiger charge is 2.24. The van der Waals surface area contributed by atoms with Crippen molar-refractivity contribution in [3.05, 3.63) is 28.8 Å². The monoisotopic (exact) mass is 323 g/mol. The average Bonchev–Trinajstić information content (AvgIpc) is 2.53. The van der Waals surface area contributed by atoms with Crippen molar-refractivity contribution >= 4 is 23.2 Å². The summed E-state index contributed by atoms with van der Waals surface area (Å²) in [5.74, 6) is -0.0162. The molecule has 2 aliphatic rings. The molecule has 5 nitrogen and oxygen atoms in total. The van der Waals surface area contributed by atoms with Crippen LogP contribution in [0, 0.1) is 6.92 Å². The summed E-state index contributed by atoms with van der Waals surface area (Å²) < 4.78 is 5.55. The number of benzene rings is 1. The second-order valence-electron chi connectivity index (χ2n) is 5.96. The van der Waals surface area contributed by atoms with Crippen LogP contribution in [0.25, 0.3) is 0 Å². The molecule has 1 aromatic carbocycles. The van der Waals surface area contributed by atoms with E-state index >= 15 is 0 Å². The van der Waals surface area contributed by atoms with Gasteiger partial charge in [-0.3, -0.25) is 9.69 Å². The number of hydrogen-bond acceptors (Lipinski definition) is 4. The summed E-state index contributed by atoms with van der Waals surface area (Å²) in [5.41, 5.74) is 2.49. The summed E-state index contributed by atoms with van der Waals surface area (Å²) in [6, 6.07) is 6.06. The molecule has 0 aromatic heterocycles. The Morgan fingerprint density at radius 1 is 1.32 bits per heavy atom. The van der Waals surface area contributed by atoms with Crippen LogP contribution in [0.5, 0.6) is 0 Å². The van der Waals surface area contributed by atoms with Crippen molar-refractivity contribution in [2.24, 2.45) is 0 Å². The number of rotatable bonds is 3. The minimum atomic E-state index is -0.0162. The number of aryl methyl sites for hydroxylation is 1. The lowest BCUT2D eigenvalue weighted by Gasteiger charge is -2.38. The highest BCUT2D eigenvalue weighted by atomic mass is 35.5. The van der Waals surface area contributed by atoms with E-state index in [-0.39, 0.29) is 18.6 Å². The Morgan fingerprint density at radius 2 is 2.09 bits per heavy atom. The molecule has 0 spiro atoms. The third kappa shape index (κ3) is 3.72. The van der Waals surface area contributed by atoms with Crippen LogP contribution < -0.4 is 10.2 Å². The van der Waals surface area contributed by atoms with Crippen molar-refractivity contribution in [3.63, 3.8) is 0 Å².